The summed E-state index contributed by atoms with van der Waals surface area (Å²) in [6, 6.07) is 5.38. The molecule has 1 aliphatic rings. The molecule has 1 fully saturated rings. The maximum Gasteiger partial charge on any atom is 0.416 e. The number of carbonyl (C=O) groups is 1. The van der Waals surface area contributed by atoms with Crippen LogP contribution in [0.4, 0.5) is 13.2 Å². The zero-order valence-corrected chi connectivity index (χ0v) is 12.1. The van der Waals surface area contributed by atoms with Gasteiger partial charge in [-0.3, -0.25) is 4.79 Å². The minimum absolute atomic E-state index is 0.0238. The van der Waals surface area contributed by atoms with Crippen LogP contribution < -0.4 is 5.32 Å². The number of nitrogens with zero attached hydrogens (tertiary/aromatic N) is 1. The van der Waals surface area contributed by atoms with Gasteiger partial charge in [-0.05, 0) is 25.5 Å². The maximum atomic E-state index is 12.9. The van der Waals surface area contributed by atoms with Gasteiger partial charge in [-0.25, -0.2) is 0 Å². The van der Waals surface area contributed by atoms with Gasteiger partial charge in [-0.15, -0.1) is 0 Å². The average molecular weight is 300 g/mol. The third-order valence-corrected chi connectivity index (χ3v) is 4.02. The highest BCUT2D eigenvalue weighted by Gasteiger charge is 2.34. The Bertz CT molecular complexity index is 516. The SMILES string of the molecule is CC1NCCN(C(=O)Cc2ccccc2C(F)(F)F)C1C. The molecule has 0 radical (unpaired) electrons. The van der Waals surface area contributed by atoms with E-state index in [0.717, 1.165) is 6.07 Å². The van der Waals surface area contributed by atoms with E-state index in [0.29, 0.717) is 13.1 Å². The zero-order valence-electron chi connectivity index (χ0n) is 12.1. The Balaban J connectivity index is 2.17. The summed E-state index contributed by atoms with van der Waals surface area (Å²) in [4.78, 5) is 14.0. The lowest BCUT2D eigenvalue weighted by Crippen LogP contribution is -2.57. The van der Waals surface area contributed by atoms with Crippen LogP contribution >= 0.6 is 0 Å². The summed E-state index contributed by atoms with van der Waals surface area (Å²) in [5, 5.41) is 3.24. The molecule has 2 rings (SSSR count). The Morgan fingerprint density at radius 3 is 2.67 bits per heavy atom. The number of alkyl halides is 3. The Kier molecular flexibility index (Phi) is 4.56. The fraction of sp³-hybridized carbons (Fsp3) is 0.533. The lowest BCUT2D eigenvalue weighted by molar-refractivity contribution is -0.139. The van der Waals surface area contributed by atoms with Gasteiger partial charge in [0.05, 0.1) is 12.0 Å². The second kappa shape index (κ2) is 6.05. The van der Waals surface area contributed by atoms with Crippen LogP contribution in [0, 0.1) is 0 Å². The quantitative estimate of drug-likeness (QED) is 0.910. The molecular weight excluding hydrogens is 281 g/mol. The van der Waals surface area contributed by atoms with Gasteiger partial charge < -0.3 is 10.2 Å². The third-order valence-electron chi connectivity index (χ3n) is 4.02. The molecule has 1 aromatic carbocycles. The van der Waals surface area contributed by atoms with Crippen molar-refractivity contribution < 1.29 is 18.0 Å². The first kappa shape index (κ1) is 15.8. The highest BCUT2D eigenvalue weighted by atomic mass is 19.4. The normalized spacial score (nSPS) is 23.2. The molecule has 1 heterocycles. The summed E-state index contributed by atoms with van der Waals surface area (Å²) in [6.07, 6.45) is -4.65. The van der Waals surface area contributed by atoms with E-state index in [4.69, 9.17) is 0 Å². The molecule has 0 spiro atoms. The molecule has 1 N–H and O–H groups in total. The summed E-state index contributed by atoms with van der Waals surface area (Å²) in [6.45, 7) is 5.06. The maximum absolute atomic E-state index is 12.9. The predicted molar refractivity (Wildman–Crippen MR) is 73.8 cm³/mol. The molecule has 0 aromatic heterocycles. The van der Waals surface area contributed by atoms with Crippen molar-refractivity contribution in [2.24, 2.45) is 0 Å². The molecule has 0 bridgehead atoms. The van der Waals surface area contributed by atoms with E-state index >= 15 is 0 Å². The van der Waals surface area contributed by atoms with E-state index in [2.05, 4.69) is 5.32 Å². The molecule has 1 amide bonds. The summed E-state index contributed by atoms with van der Waals surface area (Å²) in [7, 11) is 0. The Morgan fingerprint density at radius 2 is 2.00 bits per heavy atom. The number of halogens is 3. The molecule has 0 aliphatic carbocycles. The van der Waals surface area contributed by atoms with Gasteiger partial charge in [-0.2, -0.15) is 13.2 Å². The van der Waals surface area contributed by atoms with Crippen molar-refractivity contribution >= 4 is 5.91 Å². The highest BCUT2D eigenvalue weighted by Crippen LogP contribution is 2.32. The number of nitrogens with one attached hydrogen (secondary N) is 1. The van der Waals surface area contributed by atoms with Gasteiger partial charge in [0.15, 0.2) is 0 Å². The topological polar surface area (TPSA) is 32.3 Å². The van der Waals surface area contributed by atoms with E-state index in [9.17, 15) is 18.0 Å². The predicted octanol–water partition coefficient (Wildman–Crippen LogP) is 2.46. The highest BCUT2D eigenvalue weighted by molar-refractivity contribution is 5.79. The second-order valence-corrected chi connectivity index (χ2v) is 5.40. The zero-order chi connectivity index (χ0) is 15.6. The van der Waals surface area contributed by atoms with Gasteiger partial charge in [-0.1, -0.05) is 18.2 Å². The molecule has 21 heavy (non-hydrogen) atoms. The van der Waals surface area contributed by atoms with Gasteiger partial charge in [0, 0.05) is 25.2 Å². The summed E-state index contributed by atoms with van der Waals surface area (Å²) >= 11 is 0. The van der Waals surface area contributed by atoms with Crippen LogP contribution in [-0.4, -0.2) is 36.0 Å². The van der Waals surface area contributed by atoms with E-state index in [1.54, 1.807) is 4.90 Å². The Hall–Kier alpha value is -1.56. The molecule has 1 aliphatic heterocycles. The summed E-state index contributed by atoms with van der Waals surface area (Å²) < 4.78 is 38.8. The summed E-state index contributed by atoms with van der Waals surface area (Å²) in [5.41, 5.74) is -0.692. The van der Waals surface area contributed by atoms with Crippen LogP contribution in [0.5, 0.6) is 0 Å². The van der Waals surface area contributed by atoms with Crippen molar-refractivity contribution in [1.29, 1.82) is 0 Å². The van der Waals surface area contributed by atoms with Crippen molar-refractivity contribution in [1.82, 2.24) is 10.2 Å². The number of benzene rings is 1. The van der Waals surface area contributed by atoms with Crippen LogP contribution in [0.3, 0.4) is 0 Å². The van der Waals surface area contributed by atoms with E-state index in [1.165, 1.54) is 18.2 Å². The molecule has 3 nitrogen and oxygen atoms in total. The molecule has 6 heteroatoms. The first-order valence-corrected chi connectivity index (χ1v) is 6.98. The molecule has 2 atom stereocenters. The van der Waals surface area contributed by atoms with E-state index in [1.807, 2.05) is 13.8 Å². The smallest absolute Gasteiger partial charge is 0.337 e. The van der Waals surface area contributed by atoms with Gasteiger partial charge in [0.25, 0.3) is 0 Å². The monoisotopic (exact) mass is 300 g/mol. The van der Waals surface area contributed by atoms with Crippen LogP contribution in [0.1, 0.15) is 25.0 Å². The second-order valence-electron chi connectivity index (χ2n) is 5.40. The van der Waals surface area contributed by atoms with Crippen molar-refractivity contribution in [2.75, 3.05) is 13.1 Å². The average Bonchev–Trinajstić information content (AvgIpc) is 2.41. The molecule has 0 saturated carbocycles. The number of hydrogen-bond acceptors (Lipinski definition) is 2. The minimum Gasteiger partial charge on any atom is -0.337 e. The van der Waals surface area contributed by atoms with Gasteiger partial charge >= 0.3 is 6.18 Å². The van der Waals surface area contributed by atoms with Crippen LogP contribution in [0.15, 0.2) is 24.3 Å². The summed E-state index contributed by atoms with van der Waals surface area (Å²) in [5.74, 6) is -0.257. The number of piperazine rings is 1. The minimum atomic E-state index is -4.43. The van der Waals surface area contributed by atoms with E-state index < -0.39 is 11.7 Å². The van der Waals surface area contributed by atoms with Crippen molar-refractivity contribution in [3.05, 3.63) is 35.4 Å². The van der Waals surface area contributed by atoms with Crippen LogP contribution in [0.25, 0.3) is 0 Å². The lowest BCUT2D eigenvalue weighted by atomic mass is 10.0. The standard InChI is InChI=1S/C15H19F3N2O/c1-10-11(2)20(8-7-19-10)14(21)9-12-5-3-4-6-13(12)15(16,17)18/h3-6,10-11,19H,7-9H2,1-2H3. The van der Waals surface area contributed by atoms with Gasteiger partial charge in [0.2, 0.25) is 5.91 Å². The number of carbonyl (C=O) groups excluding carboxylic acids is 1. The molecule has 116 valence electrons. The Labute approximate surface area is 122 Å². The number of hydrogen-bond donors (Lipinski definition) is 1. The number of amides is 1. The first-order valence-electron chi connectivity index (χ1n) is 6.98. The van der Waals surface area contributed by atoms with Crippen molar-refractivity contribution in [3.63, 3.8) is 0 Å². The van der Waals surface area contributed by atoms with Crippen LogP contribution in [-0.2, 0) is 17.4 Å². The fourth-order valence-corrected chi connectivity index (χ4v) is 2.62. The van der Waals surface area contributed by atoms with E-state index in [-0.39, 0.29) is 30.0 Å². The Morgan fingerprint density at radius 1 is 1.33 bits per heavy atom. The van der Waals surface area contributed by atoms with Crippen molar-refractivity contribution in [3.8, 4) is 0 Å². The first-order chi connectivity index (χ1) is 9.80. The molecular formula is C15H19F3N2O. The largest absolute Gasteiger partial charge is 0.416 e. The molecule has 1 saturated heterocycles. The van der Waals surface area contributed by atoms with Crippen molar-refractivity contribution in [2.45, 2.75) is 38.5 Å². The fourth-order valence-electron chi connectivity index (χ4n) is 2.62. The molecule has 1 aromatic rings. The third kappa shape index (κ3) is 3.56. The van der Waals surface area contributed by atoms with Crippen LogP contribution in [0.2, 0.25) is 0 Å². The number of rotatable bonds is 2. The lowest BCUT2D eigenvalue weighted by Gasteiger charge is -2.38. The molecule has 2 unspecified atom stereocenters. The van der Waals surface area contributed by atoms with Gasteiger partial charge in [0.1, 0.15) is 0 Å².